The Hall–Kier alpha value is -1.82. The van der Waals surface area contributed by atoms with E-state index >= 15 is 0 Å². The third-order valence-corrected chi connectivity index (χ3v) is 5.66. The molecule has 0 bridgehead atoms. The molecule has 126 valence electrons. The predicted molar refractivity (Wildman–Crippen MR) is 97.7 cm³/mol. The molecule has 4 rings (SSSR count). The summed E-state index contributed by atoms with van der Waals surface area (Å²) in [6, 6.07) is 8.19. The number of rotatable bonds is 1. The first-order valence-electron chi connectivity index (χ1n) is 8.45. The zero-order chi connectivity index (χ0) is 16.9. The van der Waals surface area contributed by atoms with Crippen LogP contribution in [0.4, 0.5) is 5.82 Å². The summed E-state index contributed by atoms with van der Waals surface area (Å²) >= 11 is 3.61. The van der Waals surface area contributed by atoms with Crippen molar-refractivity contribution in [2.45, 2.75) is 38.6 Å². The van der Waals surface area contributed by atoms with Gasteiger partial charge in [0.05, 0.1) is 15.7 Å². The number of nitrogens with one attached hydrogen (secondary N) is 1. The number of para-hydroxylation sites is 1. The molecular weight excluding hydrogens is 368 g/mol. The molecule has 0 radical (unpaired) electrons. The van der Waals surface area contributed by atoms with Gasteiger partial charge in [0.1, 0.15) is 5.82 Å². The Labute approximate surface area is 150 Å². The van der Waals surface area contributed by atoms with Crippen LogP contribution in [0.25, 0.3) is 5.69 Å². The van der Waals surface area contributed by atoms with Crippen LogP contribution in [0.1, 0.15) is 49.2 Å². The van der Waals surface area contributed by atoms with Crippen LogP contribution in [0.2, 0.25) is 0 Å². The van der Waals surface area contributed by atoms with Gasteiger partial charge in [0.15, 0.2) is 5.69 Å². The monoisotopic (exact) mass is 388 g/mol. The van der Waals surface area contributed by atoms with Gasteiger partial charge < -0.3 is 10.2 Å². The number of aromatic nitrogens is 2. The van der Waals surface area contributed by atoms with Gasteiger partial charge in [-0.25, -0.2) is 4.68 Å². The molecule has 0 spiro atoms. The number of nitrogens with zero attached hydrogens (tertiary/aromatic N) is 3. The van der Waals surface area contributed by atoms with Crippen molar-refractivity contribution < 1.29 is 4.79 Å². The Kier molecular flexibility index (Phi) is 3.67. The zero-order valence-electron chi connectivity index (χ0n) is 14.0. The molecule has 1 aromatic heterocycles. The number of likely N-dealkylation sites (tertiary alicyclic amines) is 1. The van der Waals surface area contributed by atoms with Crippen molar-refractivity contribution in [3.05, 3.63) is 40.0 Å². The first-order chi connectivity index (χ1) is 11.5. The molecular formula is C18H21BrN4O. The molecule has 0 unspecified atom stereocenters. The molecule has 6 heteroatoms. The minimum absolute atomic E-state index is 0.0144. The molecule has 5 nitrogen and oxygen atoms in total. The summed E-state index contributed by atoms with van der Waals surface area (Å²) in [4.78, 5) is 14.8. The highest BCUT2D eigenvalue weighted by Crippen LogP contribution is 2.41. The van der Waals surface area contributed by atoms with E-state index in [9.17, 15) is 4.79 Å². The van der Waals surface area contributed by atoms with Crippen molar-refractivity contribution in [3.63, 3.8) is 0 Å². The first-order valence-corrected chi connectivity index (χ1v) is 9.24. The second kappa shape index (κ2) is 5.62. The normalized spacial score (nSPS) is 18.5. The number of fused-ring (bicyclic) bond motifs is 3. The lowest BCUT2D eigenvalue weighted by Crippen LogP contribution is -2.36. The highest BCUT2D eigenvalue weighted by molar-refractivity contribution is 9.10. The van der Waals surface area contributed by atoms with Crippen LogP contribution in [0, 0.1) is 0 Å². The van der Waals surface area contributed by atoms with Gasteiger partial charge in [0.2, 0.25) is 0 Å². The van der Waals surface area contributed by atoms with E-state index in [1.54, 1.807) is 0 Å². The molecule has 3 heterocycles. The summed E-state index contributed by atoms with van der Waals surface area (Å²) < 4.78 is 2.60. The molecule has 1 N–H and O–H groups in total. The number of halogens is 1. The Morgan fingerprint density at radius 1 is 1.21 bits per heavy atom. The van der Waals surface area contributed by atoms with Gasteiger partial charge in [-0.1, -0.05) is 18.2 Å². The fourth-order valence-electron chi connectivity index (χ4n) is 3.61. The van der Waals surface area contributed by atoms with E-state index in [1.807, 2.05) is 21.7 Å². The topological polar surface area (TPSA) is 50.2 Å². The number of anilines is 1. The summed E-state index contributed by atoms with van der Waals surface area (Å²) in [7, 11) is 0. The quantitative estimate of drug-likeness (QED) is 0.805. The number of carbonyl (C=O) groups excluding carboxylic acids is 1. The summed E-state index contributed by atoms with van der Waals surface area (Å²) in [5.74, 6) is 0.861. The number of hydrogen-bond acceptors (Lipinski definition) is 3. The van der Waals surface area contributed by atoms with Gasteiger partial charge in [-0.2, -0.15) is 5.10 Å². The average molecular weight is 389 g/mol. The van der Waals surface area contributed by atoms with Crippen molar-refractivity contribution in [1.82, 2.24) is 14.7 Å². The largest absolute Gasteiger partial charge is 0.360 e. The zero-order valence-corrected chi connectivity index (χ0v) is 15.6. The molecule has 0 saturated carbocycles. The van der Waals surface area contributed by atoms with Crippen LogP contribution < -0.4 is 5.32 Å². The summed E-state index contributed by atoms with van der Waals surface area (Å²) in [6.07, 6.45) is 3.35. The number of hydrogen-bond donors (Lipinski definition) is 1. The van der Waals surface area contributed by atoms with Crippen LogP contribution in [0.5, 0.6) is 0 Å². The summed E-state index contributed by atoms with van der Waals surface area (Å²) in [5, 5.41) is 8.17. The lowest BCUT2D eigenvalue weighted by atomic mass is 9.91. The van der Waals surface area contributed by atoms with E-state index in [0.717, 1.165) is 41.9 Å². The number of benzene rings is 1. The highest BCUT2D eigenvalue weighted by Gasteiger charge is 2.35. The van der Waals surface area contributed by atoms with Crippen molar-refractivity contribution in [2.75, 3.05) is 18.4 Å². The Morgan fingerprint density at radius 2 is 1.92 bits per heavy atom. The fourth-order valence-corrected chi connectivity index (χ4v) is 4.13. The lowest BCUT2D eigenvalue weighted by molar-refractivity contribution is 0.0717. The first kappa shape index (κ1) is 15.7. The molecule has 1 saturated heterocycles. The molecule has 2 aliphatic heterocycles. The molecule has 1 fully saturated rings. The average Bonchev–Trinajstić information content (AvgIpc) is 2.92. The third-order valence-electron chi connectivity index (χ3n) is 4.91. The molecule has 2 aliphatic rings. The minimum Gasteiger partial charge on any atom is -0.360 e. The fraction of sp³-hybridized carbons (Fsp3) is 0.444. The maximum atomic E-state index is 12.9. The van der Waals surface area contributed by atoms with Crippen molar-refractivity contribution >= 4 is 27.7 Å². The van der Waals surface area contributed by atoms with Crippen LogP contribution in [-0.2, 0) is 5.54 Å². The van der Waals surface area contributed by atoms with E-state index in [-0.39, 0.29) is 11.4 Å². The van der Waals surface area contributed by atoms with Crippen LogP contribution in [0.15, 0.2) is 28.7 Å². The van der Waals surface area contributed by atoms with Crippen molar-refractivity contribution in [2.24, 2.45) is 0 Å². The molecule has 24 heavy (non-hydrogen) atoms. The van der Waals surface area contributed by atoms with E-state index in [1.165, 1.54) is 12.0 Å². The lowest BCUT2D eigenvalue weighted by Gasteiger charge is -2.34. The SMILES string of the molecule is CC1(C)Nc2c(Br)c(C(=O)N3CCCCC3)nn2-c2ccccc21. The second-order valence-corrected chi connectivity index (χ2v) is 7.84. The molecule has 0 aliphatic carbocycles. The Balaban J connectivity index is 1.80. The van der Waals surface area contributed by atoms with Gasteiger partial charge in [-0.05, 0) is 55.1 Å². The maximum Gasteiger partial charge on any atom is 0.275 e. The van der Waals surface area contributed by atoms with Gasteiger partial charge in [-0.3, -0.25) is 4.79 Å². The Morgan fingerprint density at radius 3 is 2.67 bits per heavy atom. The molecule has 1 aromatic carbocycles. The third kappa shape index (κ3) is 2.35. The van der Waals surface area contributed by atoms with E-state index in [4.69, 9.17) is 0 Å². The van der Waals surface area contributed by atoms with Crippen molar-refractivity contribution in [3.8, 4) is 5.69 Å². The van der Waals surface area contributed by atoms with Gasteiger partial charge in [0, 0.05) is 18.7 Å². The minimum atomic E-state index is -0.222. The Bertz CT molecular complexity index is 805. The van der Waals surface area contributed by atoms with E-state index in [2.05, 4.69) is 52.3 Å². The van der Waals surface area contributed by atoms with E-state index < -0.39 is 0 Å². The second-order valence-electron chi connectivity index (χ2n) is 7.04. The number of carbonyl (C=O) groups is 1. The van der Waals surface area contributed by atoms with Gasteiger partial charge >= 0.3 is 0 Å². The number of amides is 1. The standard InChI is InChI=1S/C18H21BrN4O/c1-18(2)12-8-4-5-9-13(12)23-16(20-18)14(19)15(21-23)17(24)22-10-6-3-7-11-22/h4-5,8-9,20H,3,6-7,10-11H2,1-2H3. The van der Waals surface area contributed by atoms with Gasteiger partial charge in [0.25, 0.3) is 5.91 Å². The van der Waals surface area contributed by atoms with Crippen LogP contribution >= 0.6 is 15.9 Å². The summed E-state index contributed by atoms with van der Waals surface area (Å²) in [6.45, 7) is 5.92. The smallest absolute Gasteiger partial charge is 0.275 e. The van der Waals surface area contributed by atoms with Crippen LogP contribution in [-0.4, -0.2) is 33.7 Å². The maximum absolute atomic E-state index is 12.9. The molecule has 1 amide bonds. The molecule has 2 aromatic rings. The summed E-state index contributed by atoms with van der Waals surface area (Å²) in [5.41, 5.74) is 2.46. The van der Waals surface area contributed by atoms with Crippen molar-refractivity contribution in [1.29, 1.82) is 0 Å². The number of piperidine rings is 1. The van der Waals surface area contributed by atoms with Gasteiger partial charge in [-0.15, -0.1) is 0 Å². The highest BCUT2D eigenvalue weighted by atomic mass is 79.9. The van der Waals surface area contributed by atoms with E-state index in [0.29, 0.717) is 5.69 Å². The molecule has 0 atom stereocenters. The predicted octanol–water partition coefficient (Wildman–Crippen LogP) is 3.92. The van der Waals surface area contributed by atoms with Crippen LogP contribution in [0.3, 0.4) is 0 Å².